The van der Waals surface area contributed by atoms with Crippen molar-refractivity contribution in [3.05, 3.63) is 57.4 Å². The first-order chi connectivity index (χ1) is 9.45. The predicted octanol–water partition coefficient (Wildman–Crippen LogP) is 2.85. The van der Waals surface area contributed by atoms with Crippen LogP contribution in [0, 0.1) is 13.8 Å². The number of carboxylic acids is 1. The van der Waals surface area contributed by atoms with Crippen molar-refractivity contribution >= 4 is 5.97 Å². The van der Waals surface area contributed by atoms with Crippen LogP contribution in [0.4, 0.5) is 0 Å². The molecule has 0 spiro atoms. The Hall–Kier alpha value is -2.36. The molecule has 1 heterocycles. The van der Waals surface area contributed by atoms with E-state index >= 15 is 0 Å². The average molecular weight is 271 g/mol. The highest BCUT2D eigenvalue weighted by molar-refractivity contribution is 5.87. The molecule has 0 radical (unpaired) electrons. The molecule has 0 amide bonds. The fraction of sp³-hybridized carbons (Fsp3) is 0.250. The summed E-state index contributed by atoms with van der Waals surface area (Å²) < 4.78 is 1.50. The van der Waals surface area contributed by atoms with Crippen LogP contribution in [0.1, 0.15) is 28.4 Å². The molecule has 4 nitrogen and oxygen atoms in total. The molecule has 1 aromatic carbocycles. The van der Waals surface area contributed by atoms with Crippen LogP contribution in [0.3, 0.4) is 0 Å². The summed E-state index contributed by atoms with van der Waals surface area (Å²) in [6, 6.07) is 9.08. The Morgan fingerprint density at radius 2 is 1.90 bits per heavy atom. The van der Waals surface area contributed by atoms with E-state index in [2.05, 4.69) is 0 Å². The highest BCUT2D eigenvalue weighted by Crippen LogP contribution is 2.23. The molecule has 0 fully saturated rings. The van der Waals surface area contributed by atoms with Crippen LogP contribution in [0.25, 0.3) is 11.3 Å². The molecule has 0 aliphatic heterocycles. The van der Waals surface area contributed by atoms with Crippen molar-refractivity contribution in [3.63, 3.8) is 0 Å². The lowest BCUT2D eigenvalue weighted by Gasteiger charge is -2.14. The summed E-state index contributed by atoms with van der Waals surface area (Å²) in [6.07, 6.45) is 0. The van der Waals surface area contributed by atoms with E-state index in [1.165, 1.54) is 10.6 Å². The van der Waals surface area contributed by atoms with Gasteiger partial charge >= 0.3 is 5.97 Å². The molecular weight excluding hydrogens is 254 g/mol. The standard InChI is InChI=1S/C16H17NO3/c1-4-17-14(8-7-13(15(17)18)16(19)20)12-6-5-10(2)9-11(12)3/h5-9H,4H2,1-3H3,(H,19,20). The second-order valence-corrected chi connectivity index (χ2v) is 4.81. The van der Waals surface area contributed by atoms with E-state index in [4.69, 9.17) is 5.11 Å². The maximum Gasteiger partial charge on any atom is 0.341 e. The van der Waals surface area contributed by atoms with Crippen molar-refractivity contribution in [2.24, 2.45) is 0 Å². The Labute approximate surface area is 117 Å². The number of pyridine rings is 1. The minimum absolute atomic E-state index is 0.194. The number of aromatic carboxylic acids is 1. The van der Waals surface area contributed by atoms with Crippen molar-refractivity contribution in [3.8, 4) is 11.3 Å². The van der Waals surface area contributed by atoms with Crippen molar-refractivity contribution < 1.29 is 9.90 Å². The number of hydrogen-bond donors (Lipinski definition) is 1. The Morgan fingerprint density at radius 3 is 2.45 bits per heavy atom. The second-order valence-electron chi connectivity index (χ2n) is 4.81. The number of hydrogen-bond acceptors (Lipinski definition) is 2. The summed E-state index contributed by atoms with van der Waals surface area (Å²) in [5.74, 6) is -1.19. The molecule has 20 heavy (non-hydrogen) atoms. The van der Waals surface area contributed by atoms with E-state index in [9.17, 15) is 9.59 Å². The van der Waals surface area contributed by atoms with Crippen LogP contribution in [0.15, 0.2) is 35.1 Å². The summed E-state index contributed by atoms with van der Waals surface area (Å²) in [5, 5.41) is 9.02. The van der Waals surface area contributed by atoms with Crippen molar-refractivity contribution in [2.45, 2.75) is 27.3 Å². The van der Waals surface area contributed by atoms with Crippen LogP contribution < -0.4 is 5.56 Å². The van der Waals surface area contributed by atoms with Gasteiger partial charge in [-0.1, -0.05) is 23.8 Å². The van der Waals surface area contributed by atoms with Crippen LogP contribution in [0.5, 0.6) is 0 Å². The number of carbonyl (C=O) groups is 1. The van der Waals surface area contributed by atoms with E-state index in [0.29, 0.717) is 6.54 Å². The molecule has 4 heteroatoms. The number of benzene rings is 1. The first-order valence-electron chi connectivity index (χ1n) is 6.50. The predicted molar refractivity (Wildman–Crippen MR) is 78.2 cm³/mol. The minimum Gasteiger partial charge on any atom is -0.477 e. The van der Waals surface area contributed by atoms with E-state index in [-0.39, 0.29) is 5.56 Å². The van der Waals surface area contributed by atoms with Gasteiger partial charge in [0.1, 0.15) is 5.56 Å². The first kappa shape index (κ1) is 14.1. The maximum absolute atomic E-state index is 12.2. The Balaban J connectivity index is 2.72. The van der Waals surface area contributed by atoms with Gasteiger partial charge in [-0.05, 0) is 38.5 Å². The largest absolute Gasteiger partial charge is 0.477 e. The first-order valence-corrected chi connectivity index (χ1v) is 6.50. The number of nitrogens with zero attached hydrogens (tertiary/aromatic N) is 1. The molecule has 1 aromatic heterocycles. The third-order valence-electron chi connectivity index (χ3n) is 3.38. The van der Waals surface area contributed by atoms with Gasteiger partial charge in [0.25, 0.3) is 5.56 Å². The molecule has 2 rings (SSSR count). The summed E-state index contributed by atoms with van der Waals surface area (Å²) in [6.45, 7) is 6.26. The molecule has 0 saturated heterocycles. The summed E-state index contributed by atoms with van der Waals surface area (Å²) >= 11 is 0. The summed E-state index contributed by atoms with van der Waals surface area (Å²) in [5.41, 5.74) is 3.26. The lowest BCUT2D eigenvalue weighted by molar-refractivity contribution is 0.0694. The number of rotatable bonds is 3. The van der Waals surface area contributed by atoms with Gasteiger partial charge < -0.3 is 9.67 Å². The van der Waals surface area contributed by atoms with Gasteiger partial charge in [-0.3, -0.25) is 4.79 Å². The zero-order valence-electron chi connectivity index (χ0n) is 11.8. The third-order valence-corrected chi connectivity index (χ3v) is 3.38. The third kappa shape index (κ3) is 2.37. The second kappa shape index (κ2) is 5.33. The van der Waals surface area contributed by atoms with Crippen LogP contribution >= 0.6 is 0 Å². The number of carboxylic acid groups (broad SMARTS) is 1. The molecule has 0 atom stereocenters. The highest BCUT2D eigenvalue weighted by Gasteiger charge is 2.15. The molecule has 104 valence electrons. The van der Waals surface area contributed by atoms with Gasteiger partial charge in [0.15, 0.2) is 0 Å². The molecule has 0 saturated carbocycles. The topological polar surface area (TPSA) is 59.3 Å². The number of aryl methyl sites for hydroxylation is 2. The molecule has 0 unspecified atom stereocenters. The fourth-order valence-corrected chi connectivity index (χ4v) is 2.39. The molecule has 1 N–H and O–H groups in total. The van der Waals surface area contributed by atoms with Crippen LogP contribution in [0.2, 0.25) is 0 Å². The summed E-state index contributed by atoms with van der Waals surface area (Å²) in [7, 11) is 0. The lowest BCUT2D eigenvalue weighted by atomic mass is 10.0. The maximum atomic E-state index is 12.2. The summed E-state index contributed by atoms with van der Waals surface area (Å²) in [4.78, 5) is 23.2. The van der Waals surface area contributed by atoms with Gasteiger partial charge in [0, 0.05) is 12.1 Å². The van der Waals surface area contributed by atoms with E-state index in [0.717, 1.165) is 22.4 Å². The van der Waals surface area contributed by atoms with Gasteiger partial charge in [-0.15, -0.1) is 0 Å². The van der Waals surface area contributed by atoms with E-state index < -0.39 is 11.5 Å². The van der Waals surface area contributed by atoms with Crippen LogP contribution in [-0.4, -0.2) is 15.6 Å². The molecule has 0 aliphatic carbocycles. The van der Waals surface area contributed by atoms with Crippen molar-refractivity contribution in [2.75, 3.05) is 0 Å². The molecule has 0 bridgehead atoms. The smallest absolute Gasteiger partial charge is 0.341 e. The Morgan fingerprint density at radius 1 is 1.20 bits per heavy atom. The van der Waals surface area contributed by atoms with Crippen molar-refractivity contribution in [1.82, 2.24) is 4.57 Å². The fourth-order valence-electron chi connectivity index (χ4n) is 2.39. The normalized spacial score (nSPS) is 10.6. The monoisotopic (exact) mass is 271 g/mol. The number of aromatic nitrogens is 1. The van der Waals surface area contributed by atoms with Crippen molar-refractivity contribution in [1.29, 1.82) is 0 Å². The Bertz CT molecular complexity index is 729. The molecule has 0 aliphatic rings. The average Bonchev–Trinajstić information content (AvgIpc) is 2.38. The van der Waals surface area contributed by atoms with Gasteiger partial charge in [-0.2, -0.15) is 0 Å². The molecular formula is C16H17NO3. The zero-order chi connectivity index (χ0) is 14.9. The molecule has 2 aromatic rings. The SMILES string of the molecule is CCn1c(-c2ccc(C)cc2C)ccc(C(=O)O)c1=O. The Kier molecular flexibility index (Phi) is 3.74. The van der Waals surface area contributed by atoms with Gasteiger partial charge in [-0.25, -0.2) is 4.79 Å². The minimum atomic E-state index is -1.19. The van der Waals surface area contributed by atoms with E-state index in [1.807, 2.05) is 39.0 Å². The van der Waals surface area contributed by atoms with Gasteiger partial charge in [0.05, 0.1) is 5.69 Å². The lowest BCUT2D eigenvalue weighted by Crippen LogP contribution is -2.27. The van der Waals surface area contributed by atoms with Crippen LogP contribution in [-0.2, 0) is 6.54 Å². The highest BCUT2D eigenvalue weighted by atomic mass is 16.4. The zero-order valence-corrected chi connectivity index (χ0v) is 11.8. The van der Waals surface area contributed by atoms with E-state index in [1.54, 1.807) is 6.07 Å². The quantitative estimate of drug-likeness (QED) is 0.933. The van der Waals surface area contributed by atoms with Gasteiger partial charge in [0.2, 0.25) is 0 Å².